The molecule has 1 aliphatic heterocycles. The molecule has 0 aliphatic carbocycles. The molecule has 5 heteroatoms. The van der Waals surface area contributed by atoms with Crippen LogP contribution in [0.3, 0.4) is 0 Å². The predicted molar refractivity (Wildman–Crippen MR) is 66.7 cm³/mol. The Bertz CT molecular complexity index is 347. The third-order valence-electron chi connectivity index (χ3n) is 2.87. The lowest BCUT2D eigenvalue weighted by Crippen LogP contribution is -2.43. The Morgan fingerprint density at radius 1 is 1.60 bits per heavy atom. The van der Waals surface area contributed by atoms with E-state index in [-0.39, 0.29) is 6.10 Å². The summed E-state index contributed by atoms with van der Waals surface area (Å²) >= 11 is 2.23. The zero-order valence-electron chi connectivity index (χ0n) is 8.60. The second-order valence-electron chi connectivity index (χ2n) is 3.97. The van der Waals surface area contributed by atoms with Crippen molar-refractivity contribution < 1.29 is 5.11 Å². The predicted octanol–water partition coefficient (Wildman–Crippen LogP) is 1.29. The van der Waals surface area contributed by atoms with Gasteiger partial charge in [0.15, 0.2) is 0 Å². The number of aromatic nitrogens is 2. The highest BCUT2D eigenvalue weighted by Gasteiger charge is 2.25. The fourth-order valence-electron chi connectivity index (χ4n) is 1.78. The maximum Gasteiger partial charge on any atom is 0.145 e. The number of β-amino-alcohol motifs (C(OH)–C–C–N with tert-alkyl or cyclic N) is 1. The van der Waals surface area contributed by atoms with E-state index in [1.807, 2.05) is 0 Å². The molecule has 15 heavy (non-hydrogen) atoms. The Labute approximate surface area is 103 Å². The van der Waals surface area contributed by atoms with Crippen molar-refractivity contribution in [2.24, 2.45) is 5.92 Å². The first-order chi connectivity index (χ1) is 7.18. The summed E-state index contributed by atoms with van der Waals surface area (Å²) in [6.07, 6.45) is 4.13. The molecule has 1 saturated heterocycles. The SMILES string of the molecule is CC1CCN(c2ncncc2I)CC1O. The molecular formula is C10H14IN3O. The van der Waals surface area contributed by atoms with Gasteiger partial charge < -0.3 is 10.0 Å². The quantitative estimate of drug-likeness (QED) is 0.793. The molecule has 1 aromatic rings. The number of nitrogens with zero attached hydrogens (tertiary/aromatic N) is 3. The van der Waals surface area contributed by atoms with Crippen LogP contribution in [-0.2, 0) is 0 Å². The number of rotatable bonds is 1. The van der Waals surface area contributed by atoms with E-state index in [1.54, 1.807) is 12.5 Å². The van der Waals surface area contributed by atoms with E-state index >= 15 is 0 Å². The first kappa shape index (κ1) is 11.1. The summed E-state index contributed by atoms with van der Waals surface area (Å²) in [5.41, 5.74) is 0. The Morgan fingerprint density at radius 2 is 2.40 bits per heavy atom. The monoisotopic (exact) mass is 319 g/mol. The van der Waals surface area contributed by atoms with Gasteiger partial charge in [-0.2, -0.15) is 0 Å². The Balaban J connectivity index is 2.15. The second kappa shape index (κ2) is 4.61. The molecule has 1 aromatic heterocycles. The molecule has 2 heterocycles. The van der Waals surface area contributed by atoms with E-state index in [1.165, 1.54) is 0 Å². The fraction of sp³-hybridized carbons (Fsp3) is 0.600. The molecule has 0 saturated carbocycles. The molecule has 0 radical (unpaired) electrons. The van der Waals surface area contributed by atoms with Crippen molar-refractivity contribution in [3.63, 3.8) is 0 Å². The number of halogens is 1. The van der Waals surface area contributed by atoms with E-state index in [4.69, 9.17) is 0 Å². The summed E-state index contributed by atoms with van der Waals surface area (Å²) in [6, 6.07) is 0. The van der Waals surface area contributed by atoms with Gasteiger partial charge in [-0.15, -0.1) is 0 Å². The summed E-state index contributed by atoms with van der Waals surface area (Å²) in [5, 5.41) is 9.81. The molecule has 2 rings (SSSR count). The Hall–Kier alpha value is -0.430. The topological polar surface area (TPSA) is 49.2 Å². The summed E-state index contributed by atoms with van der Waals surface area (Å²) in [4.78, 5) is 10.4. The van der Waals surface area contributed by atoms with Crippen LogP contribution in [0.15, 0.2) is 12.5 Å². The minimum atomic E-state index is -0.246. The van der Waals surface area contributed by atoms with Gasteiger partial charge in [0, 0.05) is 19.3 Å². The van der Waals surface area contributed by atoms with Crippen molar-refractivity contribution in [2.75, 3.05) is 18.0 Å². The second-order valence-corrected chi connectivity index (χ2v) is 5.14. The molecule has 0 aromatic carbocycles. The number of anilines is 1. The van der Waals surface area contributed by atoms with Gasteiger partial charge in [-0.05, 0) is 34.9 Å². The van der Waals surface area contributed by atoms with Gasteiger partial charge in [0.05, 0.1) is 9.67 Å². The van der Waals surface area contributed by atoms with Gasteiger partial charge in [0.1, 0.15) is 12.1 Å². The Morgan fingerprint density at radius 3 is 3.07 bits per heavy atom. The third kappa shape index (κ3) is 2.39. The lowest BCUT2D eigenvalue weighted by atomic mass is 9.96. The van der Waals surface area contributed by atoms with Gasteiger partial charge >= 0.3 is 0 Å². The molecular weight excluding hydrogens is 305 g/mol. The van der Waals surface area contributed by atoms with Crippen molar-refractivity contribution in [3.8, 4) is 0 Å². The number of aliphatic hydroxyl groups is 1. The van der Waals surface area contributed by atoms with Crippen LogP contribution in [0.2, 0.25) is 0 Å². The smallest absolute Gasteiger partial charge is 0.145 e. The molecule has 0 spiro atoms. The number of hydrogen-bond acceptors (Lipinski definition) is 4. The minimum Gasteiger partial charge on any atom is -0.391 e. The standard InChI is InChI=1S/C10H14IN3O/c1-7-2-3-14(5-9(7)15)10-8(11)4-12-6-13-10/h4,6-7,9,15H,2-3,5H2,1H3. The van der Waals surface area contributed by atoms with E-state index in [0.717, 1.165) is 22.4 Å². The highest BCUT2D eigenvalue weighted by atomic mass is 127. The molecule has 4 nitrogen and oxygen atoms in total. The molecule has 2 unspecified atom stereocenters. The van der Waals surface area contributed by atoms with Crippen molar-refractivity contribution in [2.45, 2.75) is 19.4 Å². The van der Waals surface area contributed by atoms with Gasteiger partial charge in [-0.3, -0.25) is 0 Å². The van der Waals surface area contributed by atoms with Crippen LogP contribution < -0.4 is 4.90 Å². The molecule has 0 amide bonds. The fourth-order valence-corrected chi connectivity index (χ4v) is 2.42. The first-order valence-corrected chi connectivity index (χ1v) is 6.15. The number of hydrogen-bond donors (Lipinski definition) is 1. The van der Waals surface area contributed by atoms with Crippen molar-refractivity contribution in [1.29, 1.82) is 0 Å². The number of aliphatic hydroxyl groups excluding tert-OH is 1. The zero-order valence-corrected chi connectivity index (χ0v) is 10.8. The average molecular weight is 319 g/mol. The van der Waals surface area contributed by atoms with Crippen LogP contribution in [0, 0.1) is 9.49 Å². The van der Waals surface area contributed by atoms with Crippen molar-refractivity contribution in [1.82, 2.24) is 9.97 Å². The van der Waals surface area contributed by atoms with Gasteiger partial charge in [-0.1, -0.05) is 6.92 Å². The van der Waals surface area contributed by atoms with Gasteiger partial charge in [-0.25, -0.2) is 9.97 Å². The highest BCUT2D eigenvalue weighted by Crippen LogP contribution is 2.24. The summed E-state index contributed by atoms with van der Waals surface area (Å²) < 4.78 is 1.04. The Kier molecular flexibility index (Phi) is 3.40. The number of piperidine rings is 1. The first-order valence-electron chi connectivity index (χ1n) is 5.07. The van der Waals surface area contributed by atoms with E-state index < -0.39 is 0 Å². The lowest BCUT2D eigenvalue weighted by Gasteiger charge is -2.35. The molecule has 0 bridgehead atoms. The average Bonchev–Trinajstić information content (AvgIpc) is 2.23. The molecule has 1 aliphatic rings. The van der Waals surface area contributed by atoms with Crippen LogP contribution in [0.1, 0.15) is 13.3 Å². The normalized spacial score (nSPS) is 26.7. The van der Waals surface area contributed by atoms with Crippen LogP contribution in [0.25, 0.3) is 0 Å². The van der Waals surface area contributed by atoms with Gasteiger partial charge in [0.2, 0.25) is 0 Å². The van der Waals surface area contributed by atoms with Crippen LogP contribution in [0.4, 0.5) is 5.82 Å². The van der Waals surface area contributed by atoms with Crippen LogP contribution in [0.5, 0.6) is 0 Å². The van der Waals surface area contributed by atoms with E-state index in [0.29, 0.717) is 12.5 Å². The highest BCUT2D eigenvalue weighted by molar-refractivity contribution is 14.1. The van der Waals surface area contributed by atoms with Crippen LogP contribution >= 0.6 is 22.6 Å². The summed E-state index contributed by atoms with van der Waals surface area (Å²) in [5.74, 6) is 1.33. The summed E-state index contributed by atoms with van der Waals surface area (Å²) in [7, 11) is 0. The van der Waals surface area contributed by atoms with Crippen LogP contribution in [-0.4, -0.2) is 34.3 Å². The molecule has 2 atom stereocenters. The maximum absolute atomic E-state index is 9.81. The lowest BCUT2D eigenvalue weighted by molar-refractivity contribution is 0.102. The van der Waals surface area contributed by atoms with Gasteiger partial charge in [0.25, 0.3) is 0 Å². The molecule has 82 valence electrons. The summed E-state index contributed by atoms with van der Waals surface area (Å²) in [6.45, 7) is 3.73. The van der Waals surface area contributed by atoms with E-state index in [2.05, 4.69) is 44.4 Å². The molecule has 1 fully saturated rings. The largest absolute Gasteiger partial charge is 0.391 e. The van der Waals surface area contributed by atoms with Crippen molar-refractivity contribution >= 4 is 28.4 Å². The maximum atomic E-state index is 9.81. The van der Waals surface area contributed by atoms with Crippen molar-refractivity contribution in [3.05, 3.63) is 16.1 Å². The zero-order chi connectivity index (χ0) is 10.8. The third-order valence-corrected chi connectivity index (χ3v) is 3.63. The minimum absolute atomic E-state index is 0.246. The molecule has 1 N–H and O–H groups in total. The van der Waals surface area contributed by atoms with E-state index in [9.17, 15) is 5.11 Å².